The summed E-state index contributed by atoms with van der Waals surface area (Å²) in [7, 11) is 5.83. The van der Waals surface area contributed by atoms with Crippen LogP contribution < -0.4 is 18.9 Å². The van der Waals surface area contributed by atoms with E-state index in [1.807, 2.05) is 0 Å². The molecule has 5 atom stereocenters. The van der Waals surface area contributed by atoms with Crippen molar-refractivity contribution in [3.05, 3.63) is 59.7 Å². The lowest BCUT2D eigenvalue weighted by molar-refractivity contribution is -0.228. The average Bonchev–Trinajstić information content (AvgIpc) is 2.90. The maximum atomic E-state index is 11.9. The molecule has 0 aromatic heterocycles. The molecule has 6 N–H and O–H groups in total. The summed E-state index contributed by atoms with van der Waals surface area (Å²) in [6, 6.07) is 9.65. The smallest absolute Gasteiger partial charge is 0.126 e. The van der Waals surface area contributed by atoms with Gasteiger partial charge in [-0.15, -0.1) is 6.58 Å². The summed E-state index contributed by atoms with van der Waals surface area (Å²) >= 11 is 0. The number of aliphatic hydroxyl groups excluding tert-OH is 4. The normalized spacial score (nSPS) is 16.9. The molecule has 38 heavy (non-hydrogen) atoms. The Morgan fingerprint density at radius 1 is 0.763 bits per heavy atom. The van der Waals surface area contributed by atoms with E-state index in [-0.39, 0.29) is 12.8 Å². The van der Waals surface area contributed by atoms with Crippen molar-refractivity contribution in [1.82, 2.24) is 0 Å². The highest BCUT2D eigenvalue weighted by Crippen LogP contribution is 2.38. The number of rotatable bonds is 15. The molecule has 2 aromatic carbocycles. The van der Waals surface area contributed by atoms with Crippen LogP contribution in [0.25, 0.3) is 0 Å². The first kappa shape index (κ1) is 31.4. The summed E-state index contributed by atoms with van der Waals surface area (Å²) in [4.78, 5) is 0. The second-order valence-electron chi connectivity index (χ2n) is 9.62. The topological polar surface area (TPSA) is 158 Å². The van der Waals surface area contributed by atoms with Crippen LogP contribution in [0, 0.1) is 0 Å². The van der Waals surface area contributed by atoms with Gasteiger partial charge < -0.3 is 49.6 Å². The quantitative estimate of drug-likeness (QED) is 0.181. The van der Waals surface area contributed by atoms with Crippen LogP contribution in [0.1, 0.15) is 24.5 Å². The third-order valence-corrected chi connectivity index (χ3v) is 6.47. The average molecular weight is 537 g/mol. The summed E-state index contributed by atoms with van der Waals surface area (Å²) in [6.45, 7) is 4.60. The highest BCUT2D eigenvalue weighted by molar-refractivity contribution is 5.41. The van der Waals surface area contributed by atoms with Crippen molar-refractivity contribution in [2.45, 2.75) is 55.7 Å². The van der Waals surface area contributed by atoms with E-state index in [2.05, 4.69) is 6.58 Å². The van der Waals surface area contributed by atoms with Gasteiger partial charge >= 0.3 is 0 Å². The Bertz CT molecular complexity index is 1030. The molecular weight excluding hydrogens is 496 g/mol. The van der Waals surface area contributed by atoms with Crippen molar-refractivity contribution in [3.8, 4) is 23.0 Å². The summed E-state index contributed by atoms with van der Waals surface area (Å²) in [6.07, 6.45) is -6.75. The van der Waals surface area contributed by atoms with Gasteiger partial charge in [-0.25, -0.2) is 0 Å². The van der Waals surface area contributed by atoms with Crippen LogP contribution in [0.2, 0.25) is 0 Å². The second kappa shape index (κ2) is 13.3. The van der Waals surface area contributed by atoms with Crippen LogP contribution in [0.3, 0.4) is 0 Å². The lowest BCUT2D eigenvalue weighted by Crippen LogP contribution is -2.66. The molecule has 2 aromatic rings. The van der Waals surface area contributed by atoms with Gasteiger partial charge in [-0.3, -0.25) is 0 Å². The number of hydrogen-bond donors (Lipinski definition) is 6. The molecule has 0 aliphatic heterocycles. The minimum absolute atomic E-state index is 0.167. The van der Waals surface area contributed by atoms with Gasteiger partial charge in [0.25, 0.3) is 0 Å². The molecule has 0 fully saturated rings. The summed E-state index contributed by atoms with van der Waals surface area (Å²) < 4.78 is 21.2. The zero-order chi connectivity index (χ0) is 28.7. The van der Waals surface area contributed by atoms with Gasteiger partial charge in [-0.2, -0.15) is 0 Å². The zero-order valence-electron chi connectivity index (χ0n) is 22.5. The first-order valence-corrected chi connectivity index (χ1v) is 12.0. The van der Waals surface area contributed by atoms with E-state index >= 15 is 0 Å². The molecule has 0 radical (unpaired) electrons. The van der Waals surface area contributed by atoms with Gasteiger partial charge in [0.1, 0.15) is 52.5 Å². The Morgan fingerprint density at radius 2 is 1.16 bits per heavy atom. The molecule has 0 bridgehead atoms. The highest BCUT2D eigenvalue weighted by Gasteiger charge is 2.54. The van der Waals surface area contributed by atoms with Crippen LogP contribution in [0.5, 0.6) is 23.0 Å². The first-order chi connectivity index (χ1) is 17.8. The Hall–Kier alpha value is -2.86. The van der Waals surface area contributed by atoms with E-state index < -0.39 is 42.5 Å². The van der Waals surface area contributed by atoms with Gasteiger partial charge in [0.05, 0.1) is 35.0 Å². The van der Waals surface area contributed by atoms with Crippen molar-refractivity contribution >= 4 is 0 Å². The molecule has 0 aliphatic carbocycles. The third kappa shape index (κ3) is 7.37. The van der Waals surface area contributed by atoms with E-state index in [4.69, 9.17) is 18.9 Å². The molecule has 212 valence electrons. The molecule has 0 amide bonds. The summed E-state index contributed by atoms with van der Waals surface area (Å²) in [5, 5.41) is 66.3. The van der Waals surface area contributed by atoms with Gasteiger partial charge in [0.2, 0.25) is 0 Å². The Morgan fingerprint density at radius 3 is 1.50 bits per heavy atom. The monoisotopic (exact) mass is 536 g/mol. The largest absolute Gasteiger partial charge is 0.497 e. The number of hydrogen-bond acceptors (Lipinski definition) is 10. The van der Waals surface area contributed by atoms with Crippen LogP contribution >= 0.6 is 0 Å². The fraction of sp³-hybridized carbons (Fsp3) is 0.500. The van der Waals surface area contributed by atoms with E-state index in [1.54, 1.807) is 43.3 Å². The Labute approximate surface area is 223 Å². The fourth-order valence-electron chi connectivity index (χ4n) is 4.66. The highest BCUT2D eigenvalue weighted by atomic mass is 16.5. The molecule has 0 aliphatic rings. The van der Waals surface area contributed by atoms with Gasteiger partial charge in [-0.1, -0.05) is 5.57 Å². The van der Waals surface area contributed by atoms with Gasteiger partial charge in [-0.05, 0) is 48.7 Å². The zero-order valence-corrected chi connectivity index (χ0v) is 22.5. The second-order valence-corrected chi connectivity index (χ2v) is 9.62. The minimum Gasteiger partial charge on any atom is -0.497 e. The van der Waals surface area contributed by atoms with E-state index in [9.17, 15) is 30.6 Å². The predicted octanol–water partition coefficient (Wildman–Crippen LogP) is 1.01. The molecule has 0 spiro atoms. The number of benzene rings is 2. The molecule has 0 heterocycles. The molecule has 1 unspecified atom stereocenters. The van der Waals surface area contributed by atoms with Crippen molar-refractivity contribution in [1.29, 1.82) is 0 Å². The SMILES string of the molecule is C=C(C)CC(O)(Cc1cc(OC)cc(OC)c1)[C@@H](O)[C@@](O)(Cc1cc(OC)cc(OC)c1)[C@H](O)[C@@H](O)CO. The van der Waals surface area contributed by atoms with Crippen molar-refractivity contribution in [2.24, 2.45) is 0 Å². The van der Waals surface area contributed by atoms with Crippen LogP contribution in [0.4, 0.5) is 0 Å². The third-order valence-electron chi connectivity index (χ3n) is 6.47. The van der Waals surface area contributed by atoms with Crippen LogP contribution in [0.15, 0.2) is 48.6 Å². The predicted molar refractivity (Wildman–Crippen MR) is 141 cm³/mol. The molecule has 0 saturated carbocycles. The van der Waals surface area contributed by atoms with E-state index in [0.29, 0.717) is 39.7 Å². The van der Waals surface area contributed by atoms with Crippen LogP contribution in [-0.2, 0) is 12.8 Å². The maximum absolute atomic E-state index is 11.9. The molecule has 0 saturated heterocycles. The van der Waals surface area contributed by atoms with Crippen molar-refractivity contribution < 1.29 is 49.6 Å². The van der Waals surface area contributed by atoms with Gasteiger partial charge in [0.15, 0.2) is 0 Å². The van der Waals surface area contributed by atoms with E-state index in [0.717, 1.165) is 0 Å². The number of ether oxygens (including phenoxy) is 4. The lowest BCUT2D eigenvalue weighted by atomic mass is 9.71. The molecular formula is C28H40O10. The van der Waals surface area contributed by atoms with E-state index in [1.165, 1.54) is 28.4 Å². The number of methoxy groups -OCH3 is 4. The standard InChI is InChI=1S/C28H40O10/c1-17(2)13-27(33,14-18-7-20(35-3)11-21(8-18)36-4)26(32)28(34,25(31)24(30)16-29)15-19-9-22(37-5)12-23(10-19)38-6/h7-12,24-26,29-34H,1,13-16H2,2-6H3/t24-,25+,26+,27?,28+/m0/s1. The number of aliphatic hydroxyl groups is 6. The Balaban J connectivity index is 2.65. The fourth-order valence-corrected chi connectivity index (χ4v) is 4.66. The van der Waals surface area contributed by atoms with Gasteiger partial charge in [0, 0.05) is 25.0 Å². The lowest BCUT2D eigenvalue weighted by Gasteiger charge is -2.46. The van der Waals surface area contributed by atoms with Crippen molar-refractivity contribution in [3.63, 3.8) is 0 Å². The molecule has 10 heteroatoms. The molecule has 10 nitrogen and oxygen atoms in total. The first-order valence-electron chi connectivity index (χ1n) is 12.0. The summed E-state index contributed by atoms with van der Waals surface area (Å²) in [5.74, 6) is 1.66. The van der Waals surface area contributed by atoms with Crippen LogP contribution in [-0.4, -0.2) is 95.2 Å². The Kier molecular flexibility index (Phi) is 11.0. The maximum Gasteiger partial charge on any atom is 0.126 e. The summed E-state index contributed by atoms with van der Waals surface area (Å²) in [5.41, 5.74) is -3.27. The van der Waals surface area contributed by atoms with Crippen molar-refractivity contribution in [2.75, 3.05) is 35.0 Å². The molecule has 2 rings (SSSR count). The minimum atomic E-state index is -2.55.